The van der Waals surface area contributed by atoms with Crippen molar-refractivity contribution in [3.05, 3.63) is 35.4 Å². The molecule has 0 saturated heterocycles. The van der Waals surface area contributed by atoms with Gasteiger partial charge in [-0.1, -0.05) is 30.0 Å². The second-order valence-electron chi connectivity index (χ2n) is 4.87. The van der Waals surface area contributed by atoms with E-state index in [2.05, 4.69) is 11.8 Å². The van der Waals surface area contributed by atoms with Crippen molar-refractivity contribution >= 4 is 0 Å². The third-order valence-corrected chi connectivity index (χ3v) is 3.14. The van der Waals surface area contributed by atoms with Gasteiger partial charge < -0.3 is 5.11 Å². The number of alkyl halides is 3. The van der Waals surface area contributed by atoms with Crippen LogP contribution in [0.4, 0.5) is 13.2 Å². The molecule has 1 fully saturated rings. The van der Waals surface area contributed by atoms with Gasteiger partial charge in [-0.15, -0.1) is 0 Å². The van der Waals surface area contributed by atoms with Gasteiger partial charge in [0.15, 0.2) is 0 Å². The van der Waals surface area contributed by atoms with Crippen molar-refractivity contribution in [2.75, 3.05) is 13.2 Å². The summed E-state index contributed by atoms with van der Waals surface area (Å²) < 4.78 is 37.8. The van der Waals surface area contributed by atoms with Crippen LogP contribution < -0.4 is 0 Å². The molecule has 1 aromatic rings. The molecular formula is C15H16F3NO. The third-order valence-electron chi connectivity index (χ3n) is 3.14. The summed E-state index contributed by atoms with van der Waals surface area (Å²) >= 11 is 0. The molecule has 0 heterocycles. The second kappa shape index (κ2) is 6.29. The van der Waals surface area contributed by atoms with E-state index in [4.69, 9.17) is 5.11 Å². The summed E-state index contributed by atoms with van der Waals surface area (Å²) in [5.74, 6) is 5.32. The van der Waals surface area contributed by atoms with Gasteiger partial charge in [0.25, 0.3) is 0 Å². The maximum atomic E-state index is 12.6. The van der Waals surface area contributed by atoms with Gasteiger partial charge in [0.1, 0.15) is 6.61 Å². The fourth-order valence-electron chi connectivity index (χ4n) is 2.12. The van der Waals surface area contributed by atoms with Gasteiger partial charge in [0, 0.05) is 18.2 Å². The molecule has 1 saturated carbocycles. The first-order valence-electron chi connectivity index (χ1n) is 6.48. The summed E-state index contributed by atoms with van der Waals surface area (Å²) in [7, 11) is 0. The zero-order chi connectivity index (χ0) is 14.6. The number of halogens is 3. The Balaban J connectivity index is 2.14. The fraction of sp³-hybridized carbons (Fsp3) is 0.467. The Labute approximate surface area is 116 Å². The average Bonchev–Trinajstić information content (AvgIpc) is 3.19. The van der Waals surface area contributed by atoms with E-state index in [0.29, 0.717) is 5.56 Å². The lowest BCUT2D eigenvalue weighted by atomic mass is 10.1. The molecule has 0 aliphatic heterocycles. The predicted molar refractivity (Wildman–Crippen MR) is 69.9 cm³/mol. The fourth-order valence-corrected chi connectivity index (χ4v) is 2.12. The predicted octanol–water partition coefficient (Wildman–Crippen LogP) is 2.56. The molecule has 0 aromatic heterocycles. The molecule has 0 spiro atoms. The van der Waals surface area contributed by atoms with Crippen molar-refractivity contribution in [1.29, 1.82) is 0 Å². The number of benzene rings is 1. The van der Waals surface area contributed by atoms with Gasteiger partial charge in [-0.25, -0.2) is 0 Å². The number of aliphatic hydroxyl groups excluding tert-OH is 1. The molecule has 0 amide bonds. The van der Waals surface area contributed by atoms with E-state index in [1.54, 1.807) is 24.3 Å². The average molecular weight is 283 g/mol. The number of rotatable bonds is 4. The third kappa shape index (κ3) is 4.55. The zero-order valence-electron chi connectivity index (χ0n) is 11.0. The summed E-state index contributed by atoms with van der Waals surface area (Å²) in [5.41, 5.74) is 1.44. The van der Waals surface area contributed by atoms with Crippen molar-refractivity contribution in [2.45, 2.75) is 31.6 Å². The van der Waals surface area contributed by atoms with E-state index >= 15 is 0 Å². The highest BCUT2D eigenvalue weighted by molar-refractivity contribution is 5.41. The number of aliphatic hydroxyl groups is 1. The molecule has 2 nitrogen and oxygen atoms in total. The lowest BCUT2D eigenvalue weighted by Gasteiger charge is -2.23. The summed E-state index contributed by atoms with van der Waals surface area (Å²) in [4.78, 5) is 1.46. The molecule has 20 heavy (non-hydrogen) atoms. The van der Waals surface area contributed by atoms with E-state index < -0.39 is 12.7 Å². The first kappa shape index (κ1) is 14.9. The van der Waals surface area contributed by atoms with Crippen molar-refractivity contribution in [2.24, 2.45) is 0 Å². The van der Waals surface area contributed by atoms with Crippen LogP contribution in [0.15, 0.2) is 24.3 Å². The molecule has 1 aromatic carbocycles. The summed E-state index contributed by atoms with van der Waals surface area (Å²) in [6, 6.07) is 7.15. The molecule has 1 aliphatic rings. The van der Waals surface area contributed by atoms with Crippen LogP contribution in [0.3, 0.4) is 0 Å². The molecule has 5 heteroatoms. The molecule has 0 bridgehead atoms. The van der Waals surface area contributed by atoms with E-state index in [9.17, 15) is 13.2 Å². The van der Waals surface area contributed by atoms with Crippen LogP contribution in [-0.4, -0.2) is 35.4 Å². The van der Waals surface area contributed by atoms with Crippen molar-refractivity contribution < 1.29 is 18.3 Å². The minimum Gasteiger partial charge on any atom is -0.384 e. The lowest BCUT2D eigenvalue weighted by Crippen LogP contribution is -2.35. The maximum absolute atomic E-state index is 12.6. The SMILES string of the molecule is OCC#Cc1ccccc1CN(CC(F)(F)F)C1CC1. The largest absolute Gasteiger partial charge is 0.401 e. The number of hydrogen-bond donors (Lipinski definition) is 1. The number of nitrogens with zero attached hydrogens (tertiary/aromatic N) is 1. The van der Waals surface area contributed by atoms with Gasteiger partial charge in [0.2, 0.25) is 0 Å². The highest BCUT2D eigenvalue weighted by Gasteiger charge is 2.38. The summed E-state index contributed by atoms with van der Waals surface area (Å²) in [6.45, 7) is -0.914. The highest BCUT2D eigenvalue weighted by atomic mass is 19.4. The van der Waals surface area contributed by atoms with Gasteiger partial charge in [-0.05, 0) is 24.5 Å². The van der Waals surface area contributed by atoms with E-state index in [1.807, 2.05) is 0 Å². The second-order valence-corrected chi connectivity index (χ2v) is 4.87. The Kier molecular flexibility index (Phi) is 4.69. The Hall–Kier alpha value is -1.51. The standard InChI is InChI=1S/C15H16F3NO/c16-15(17,18)11-19(14-7-8-14)10-13-5-2-1-4-12(13)6-3-9-20/h1-2,4-5,14,20H,7-11H2. The molecule has 2 rings (SSSR count). The monoisotopic (exact) mass is 283 g/mol. The van der Waals surface area contributed by atoms with Crippen LogP contribution in [0.25, 0.3) is 0 Å². The van der Waals surface area contributed by atoms with Crippen LogP contribution in [0.1, 0.15) is 24.0 Å². The minimum atomic E-state index is -4.19. The number of hydrogen-bond acceptors (Lipinski definition) is 2. The first-order chi connectivity index (χ1) is 9.49. The molecule has 1 N–H and O–H groups in total. The van der Waals surface area contributed by atoms with Gasteiger partial charge in [-0.3, -0.25) is 4.90 Å². The Morgan fingerprint density at radius 3 is 2.55 bits per heavy atom. The Morgan fingerprint density at radius 2 is 1.95 bits per heavy atom. The molecule has 0 radical (unpaired) electrons. The Bertz CT molecular complexity index is 512. The molecular weight excluding hydrogens is 267 g/mol. The van der Waals surface area contributed by atoms with E-state index in [1.165, 1.54) is 4.90 Å². The maximum Gasteiger partial charge on any atom is 0.401 e. The minimum absolute atomic E-state index is 0.0236. The van der Waals surface area contributed by atoms with Gasteiger partial charge >= 0.3 is 6.18 Å². The van der Waals surface area contributed by atoms with Crippen molar-refractivity contribution in [1.82, 2.24) is 4.90 Å². The van der Waals surface area contributed by atoms with Crippen LogP contribution in [-0.2, 0) is 6.54 Å². The quantitative estimate of drug-likeness (QED) is 0.858. The van der Waals surface area contributed by atoms with Crippen molar-refractivity contribution in [3.8, 4) is 11.8 Å². The zero-order valence-corrected chi connectivity index (χ0v) is 11.0. The lowest BCUT2D eigenvalue weighted by molar-refractivity contribution is -0.148. The van der Waals surface area contributed by atoms with Gasteiger partial charge in [-0.2, -0.15) is 13.2 Å². The molecule has 0 unspecified atom stereocenters. The molecule has 0 atom stereocenters. The summed E-state index contributed by atoms with van der Waals surface area (Å²) in [5, 5.41) is 8.72. The topological polar surface area (TPSA) is 23.5 Å². The van der Waals surface area contributed by atoms with Crippen LogP contribution in [0.5, 0.6) is 0 Å². The smallest absolute Gasteiger partial charge is 0.384 e. The highest BCUT2D eigenvalue weighted by Crippen LogP contribution is 2.31. The first-order valence-corrected chi connectivity index (χ1v) is 6.48. The normalized spacial score (nSPS) is 15.1. The van der Waals surface area contributed by atoms with Crippen molar-refractivity contribution in [3.63, 3.8) is 0 Å². The van der Waals surface area contributed by atoms with E-state index in [-0.39, 0.29) is 19.2 Å². The van der Waals surface area contributed by atoms with E-state index in [0.717, 1.165) is 18.4 Å². The molecule has 108 valence electrons. The van der Waals surface area contributed by atoms with Crippen LogP contribution >= 0.6 is 0 Å². The Morgan fingerprint density at radius 1 is 1.25 bits per heavy atom. The van der Waals surface area contributed by atoms with Crippen LogP contribution in [0, 0.1) is 11.8 Å². The summed E-state index contributed by atoms with van der Waals surface area (Å²) in [6.07, 6.45) is -2.55. The van der Waals surface area contributed by atoms with Gasteiger partial charge in [0.05, 0.1) is 6.54 Å². The van der Waals surface area contributed by atoms with Crippen LogP contribution in [0.2, 0.25) is 0 Å². The molecule has 1 aliphatic carbocycles.